The summed E-state index contributed by atoms with van der Waals surface area (Å²) in [4.78, 5) is 31.5. The molecule has 0 aliphatic carbocycles. The van der Waals surface area contributed by atoms with Gasteiger partial charge in [0.05, 0.1) is 17.9 Å². The highest BCUT2D eigenvalue weighted by atomic mass is 19.2. The van der Waals surface area contributed by atoms with Gasteiger partial charge in [-0.2, -0.15) is 5.10 Å². The number of rotatable bonds is 5. The van der Waals surface area contributed by atoms with Crippen LogP contribution in [0.4, 0.5) is 8.78 Å². The fourth-order valence-corrected chi connectivity index (χ4v) is 3.51. The molecule has 0 aliphatic heterocycles. The maximum atomic E-state index is 13.6. The van der Waals surface area contributed by atoms with Gasteiger partial charge in [-0.25, -0.2) is 18.4 Å². The number of carbonyl (C=O) groups is 1. The molecule has 0 radical (unpaired) electrons. The summed E-state index contributed by atoms with van der Waals surface area (Å²) in [6, 6.07) is 10.6. The van der Waals surface area contributed by atoms with Crippen LogP contribution in [0.5, 0.6) is 0 Å². The monoisotopic (exact) mass is 437 g/mol. The molecule has 2 aromatic carbocycles. The Hall–Kier alpha value is -3.88. The molecule has 32 heavy (non-hydrogen) atoms. The average molecular weight is 437 g/mol. The number of para-hydroxylation sites is 1. The van der Waals surface area contributed by atoms with Crippen molar-refractivity contribution >= 4 is 16.9 Å². The van der Waals surface area contributed by atoms with Crippen LogP contribution >= 0.6 is 0 Å². The van der Waals surface area contributed by atoms with Crippen molar-refractivity contribution in [3.63, 3.8) is 0 Å². The van der Waals surface area contributed by atoms with E-state index in [1.165, 1.54) is 28.1 Å². The number of aryl methyl sites for hydroxylation is 1. The van der Waals surface area contributed by atoms with Crippen LogP contribution in [-0.4, -0.2) is 37.2 Å². The molecule has 1 amide bonds. The zero-order chi connectivity index (χ0) is 23.0. The lowest BCUT2D eigenvalue weighted by atomic mass is 10.1. The Morgan fingerprint density at radius 1 is 1.16 bits per heavy atom. The van der Waals surface area contributed by atoms with Gasteiger partial charge in [0.25, 0.3) is 5.56 Å². The van der Waals surface area contributed by atoms with Crippen molar-refractivity contribution < 1.29 is 13.6 Å². The van der Waals surface area contributed by atoms with Crippen LogP contribution in [0.15, 0.2) is 59.8 Å². The van der Waals surface area contributed by atoms with Crippen LogP contribution in [0, 0.1) is 18.6 Å². The van der Waals surface area contributed by atoms with E-state index in [1.54, 1.807) is 18.7 Å². The van der Waals surface area contributed by atoms with E-state index in [1.807, 2.05) is 31.2 Å². The second-order valence-electron chi connectivity index (χ2n) is 7.61. The van der Waals surface area contributed by atoms with Crippen molar-refractivity contribution in [2.75, 3.05) is 7.05 Å². The molecule has 4 rings (SSSR count). The molecule has 2 aromatic heterocycles. The molecular weight excluding hydrogens is 416 g/mol. The fourth-order valence-electron chi connectivity index (χ4n) is 3.51. The molecule has 7 nitrogen and oxygen atoms in total. The predicted molar refractivity (Wildman–Crippen MR) is 115 cm³/mol. The molecule has 0 spiro atoms. The number of likely N-dealkylation sites (N-methyl/N-ethyl adjacent to an activating group) is 1. The van der Waals surface area contributed by atoms with E-state index in [2.05, 4.69) is 10.1 Å². The summed E-state index contributed by atoms with van der Waals surface area (Å²) < 4.78 is 29.6. The van der Waals surface area contributed by atoms with Gasteiger partial charge in [0, 0.05) is 7.05 Å². The van der Waals surface area contributed by atoms with Gasteiger partial charge in [-0.3, -0.25) is 14.2 Å². The standard InChI is InChI=1S/C23H21F2N5O2/c1-14-6-4-5-7-20(14)30-22-17(11-27-30)23(32)29(13-26-22)12-21(31)28(3)15(2)16-8-9-18(24)19(25)10-16/h4-11,13,15H,12H2,1-3H3. The fraction of sp³-hybridized carbons (Fsp3) is 0.217. The molecule has 1 atom stereocenters. The van der Waals surface area contributed by atoms with E-state index in [0.717, 1.165) is 23.4 Å². The Morgan fingerprint density at radius 3 is 2.62 bits per heavy atom. The smallest absolute Gasteiger partial charge is 0.264 e. The first kappa shape index (κ1) is 21.4. The van der Waals surface area contributed by atoms with Crippen LogP contribution in [-0.2, 0) is 11.3 Å². The maximum Gasteiger partial charge on any atom is 0.264 e. The molecule has 1 unspecified atom stereocenters. The molecule has 164 valence electrons. The van der Waals surface area contributed by atoms with Gasteiger partial charge in [0.1, 0.15) is 18.3 Å². The van der Waals surface area contributed by atoms with Gasteiger partial charge < -0.3 is 4.90 Å². The molecule has 0 saturated heterocycles. The minimum atomic E-state index is -0.980. The first-order chi connectivity index (χ1) is 15.3. The first-order valence-corrected chi connectivity index (χ1v) is 9.97. The molecule has 0 bridgehead atoms. The molecule has 0 saturated carbocycles. The SMILES string of the molecule is Cc1ccccc1-n1ncc2c(=O)n(CC(=O)N(C)C(C)c3ccc(F)c(F)c3)cnc21. The van der Waals surface area contributed by atoms with Crippen molar-refractivity contribution in [2.45, 2.75) is 26.4 Å². The van der Waals surface area contributed by atoms with Gasteiger partial charge in [0.15, 0.2) is 17.3 Å². The van der Waals surface area contributed by atoms with Crippen molar-refractivity contribution in [3.8, 4) is 5.69 Å². The van der Waals surface area contributed by atoms with E-state index < -0.39 is 23.2 Å². The second-order valence-corrected chi connectivity index (χ2v) is 7.61. The summed E-state index contributed by atoms with van der Waals surface area (Å²) in [5.41, 5.74) is 2.24. The van der Waals surface area contributed by atoms with Gasteiger partial charge in [-0.15, -0.1) is 0 Å². The van der Waals surface area contributed by atoms with E-state index in [4.69, 9.17) is 0 Å². The number of amides is 1. The number of halogens is 2. The third kappa shape index (κ3) is 3.77. The Kier molecular flexibility index (Phi) is 5.56. The Morgan fingerprint density at radius 2 is 1.91 bits per heavy atom. The zero-order valence-electron chi connectivity index (χ0n) is 17.8. The van der Waals surface area contributed by atoms with Gasteiger partial charge in [0.2, 0.25) is 5.91 Å². The Bertz CT molecular complexity index is 1380. The Balaban J connectivity index is 1.59. The lowest BCUT2D eigenvalue weighted by molar-refractivity contribution is -0.132. The van der Waals surface area contributed by atoms with E-state index in [9.17, 15) is 18.4 Å². The first-order valence-electron chi connectivity index (χ1n) is 9.97. The molecular formula is C23H21F2N5O2. The highest BCUT2D eigenvalue weighted by Crippen LogP contribution is 2.21. The number of fused-ring (bicyclic) bond motifs is 1. The largest absolute Gasteiger partial charge is 0.337 e. The molecule has 2 heterocycles. The van der Waals surface area contributed by atoms with Crippen LogP contribution < -0.4 is 5.56 Å². The highest BCUT2D eigenvalue weighted by Gasteiger charge is 2.20. The van der Waals surface area contributed by atoms with Gasteiger partial charge in [-0.1, -0.05) is 24.3 Å². The van der Waals surface area contributed by atoms with E-state index in [0.29, 0.717) is 16.6 Å². The summed E-state index contributed by atoms with van der Waals surface area (Å²) in [6.45, 7) is 3.38. The number of hydrogen-bond acceptors (Lipinski definition) is 4. The summed E-state index contributed by atoms with van der Waals surface area (Å²) in [5, 5.41) is 4.60. The highest BCUT2D eigenvalue weighted by molar-refractivity contribution is 5.78. The quantitative estimate of drug-likeness (QED) is 0.480. The number of hydrogen-bond donors (Lipinski definition) is 0. The lowest BCUT2D eigenvalue weighted by Gasteiger charge is -2.25. The number of aromatic nitrogens is 4. The van der Waals surface area contributed by atoms with Crippen LogP contribution in [0.2, 0.25) is 0 Å². The zero-order valence-corrected chi connectivity index (χ0v) is 17.8. The summed E-state index contributed by atoms with van der Waals surface area (Å²) >= 11 is 0. The number of carbonyl (C=O) groups excluding carboxylic acids is 1. The van der Waals surface area contributed by atoms with Crippen LogP contribution in [0.25, 0.3) is 16.7 Å². The third-order valence-electron chi connectivity index (χ3n) is 5.60. The minimum absolute atomic E-state index is 0.248. The average Bonchev–Trinajstić information content (AvgIpc) is 3.21. The van der Waals surface area contributed by atoms with Crippen molar-refractivity contribution in [2.24, 2.45) is 0 Å². The van der Waals surface area contributed by atoms with Crippen molar-refractivity contribution in [3.05, 3.63) is 88.1 Å². The van der Waals surface area contributed by atoms with Crippen molar-refractivity contribution in [1.29, 1.82) is 0 Å². The van der Waals surface area contributed by atoms with Gasteiger partial charge in [-0.05, 0) is 43.2 Å². The molecule has 0 fully saturated rings. The normalized spacial score (nSPS) is 12.2. The molecule has 4 aromatic rings. The van der Waals surface area contributed by atoms with Crippen LogP contribution in [0.3, 0.4) is 0 Å². The Labute approximate surface area is 182 Å². The number of benzene rings is 2. The third-order valence-corrected chi connectivity index (χ3v) is 5.60. The number of nitrogens with zero attached hydrogens (tertiary/aromatic N) is 5. The second kappa shape index (κ2) is 8.33. The molecule has 0 aliphatic rings. The van der Waals surface area contributed by atoms with E-state index >= 15 is 0 Å². The predicted octanol–water partition coefficient (Wildman–Crippen LogP) is 3.39. The van der Waals surface area contributed by atoms with Gasteiger partial charge >= 0.3 is 0 Å². The lowest BCUT2D eigenvalue weighted by Crippen LogP contribution is -2.35. The summed E-state index contributed by atoms with van der Waals surface area (Å²) in [7, 11) is 1.54. The van der Waals surface area contributed by atoms with E-state index in [-0.39, 0.29) is 12.5 Å². The van der Waals surface area contributed by atoms with Crippen molar-refractivity contribution in [1.82, 2.24) is 24.2 Å². The molecule has 9 heteroatoms. The molecule has 0 N–H and O–H groups in total. The van der Waals surface area contributed by atoms with Crippen LogP contribution in [0.1, 0.15) is 24.1 Å². The maximum absolute atomic E-state index is 13.6. The topological polar surface area (TPSA) is 73.0 Å². The summed E-state index contributed by atoms with van der Waals surface area (Å²) in [6.07, 6.45) is 2.75. The minimum Gasteiger partial charge on any atom is -0.337 e. The summed E-state index contributed by atoms with van der Waals surface area (Å²) in [5.74, 6) is -2.31.